The summed E-state index contributed by atoms with van der Waals surface area (Å²) in [5.74, 6) is -0.882. The summed E-state index contributed by atoms with van der Waals surface area (Å²) >= 11 is 0. The number of likely N-dealkylation sites (N-methyl/N-ethyl adjacent to an activating group) is 1. The molecular weight excluding hydrogens is 273 g/mol. The van der Waals surface area contributed by atoms with Crippen molar-refractivity contribution < 1.29 is 14.0 Å². The molecule has 0 saturated carbocycles. The molecule has 1 fully saturated rings. The van der Waals surface area contributed by atoms with Gasteiger partial charge in [-0.1, -0.05) is 0 Å². The minimum atomic E-state index is -0.551. The van der Waals surface area contributed by atoms with Gasteiger partial charge in [0.15, 0.2) is 0 Å². The number of aryl methyl sites for hydroxylation is 1. The van der Waals surface area contributed by atoms with Crippen molar-refractivity contribution in [3.8, 4) is 0 Å². The molecule has 0 aliphatic carbocycles. The molecule has 1 unspecified atom stereocenters. The van der Waals surface area contributed by atoms with Gasteiger partial charge < -0.3 is 15.1 Å². The molecule has 0 aromatic heterocycles. The van der Waals surface area contributed by atoms with E-state index in [1.807, 2.05) is 0 Å². The first kappa shape index (κ1) is 15.4. The number of carbonyl (C=O) groups excluding carboxylic acids is 2. The maximum atomic E-state index is 13.5. The van der Waals surface area contributed by atoms with Crippen LogP contribution in [0.2, 0.25) is 0 Å². The Balaban J connectivity index is 2.28. The van der Waals surface area contributed by atoms with Crippen LogP contribution >= 0.6 is 0 Å². The highest BCUT2D eigenvalue weighted by Crippen LogP contribution is 2.15. The highest BCUT2D eigenvalue weighted by Gasteiger charge is 2.33. The number of piperazine rings is 1. The number of carbonyl (C=O) groups is 2. The van der Waals surface area contributed by atoms with Crippen LogP contribution in [0.15, 0.2) is 18.2 Å². The second-order valence-corrected chi connectivity index (χ2v) is 5.47. The lowest BCUT2D eigenvalue weighted by atomic mass is 10.1. The molecule has 0 spiro atoms. The predicted molar refractivity (Wildman–Crippen MR) is 77.5 cm³/mol. The number of nitrogens with zero attached hydrogens (tertiary/aromatic N) is 2. The highest BCUT2D eigenvalue weighted by atomic mass is 19.1. The third kappa shape index (κ3) is 3.39. The fraction of sp³-hybridized carbons (Fsp3) is 0.467. The molecule has 2 rings (SSSR count). The third-order valence-electron chi connectivity index (χ3n) is 3.52. The lowest BCUT2D eigenvalue weighted by Crippen LogP contribution is -2.59. The van der Waals surface area contributed by atoms with Gasteiger partial charge in [0.1, 0.15) is 11.9 Å². The van der Waals surface area contributed by atoms with Gasteiger partial charge in [-0.25, -0.2) is 4.39 Å². The van der Waals surface area contributed by atoms with Crippen LogP contribution in [0, 0.1) is 12.7 Å². The lowest BCUT2D eigenvalue weighted by molar-refractivity contribution is -0.134. The molecule has 1 aromatic carbocycles. The largest absolute Gasteiger partial charge is 0.347 e. The minimum Gasteiger partial charge on any atom is -0.347 e. The van der Waals surface area contributed by atoms with Gasteiger partial charge in [-0.05, 0) is 30.7 Å². The second kappa shape index (κ2) is 6.22. The van der Waals surface area contributed by atoms with Crippen LogP contribution in [0.1, 0.15) is 15.9 Å². The summed E-state index contributed by atoms with van der Waals surface area (Å²) in [6, 6.07) is 3.68. The van der Waals surface area contributed by atoms with Crippen molar-refractivity contribution in [3.63, 3.8) is 0 Å². The molecule has 1 aliphatic rings. The van der Waals surface area contributed by atoms with E-state index in [0.717, 1.165) is 0 Å². The molecule has 21 heavy (non-hydrogen) atoms. The zero-order valence-electron chi connectivity index (χ0n) is 12.5. The maximum absolute atomic E-state index is 13.5. The Morgan fingerprint density at radius 1 is 1.33 bits per heavy atom. The first-order chi connectivity index (χ1) is 9.90. The van der Waals surface area contributed by atoms with Gasteiger partial charge in [-0.3, -0.25) is 9.59 Å². The van der Waals surface area contributed by atoms with Crippen LogP contribution in [0.4, 0.5) is 4.39 Å². The van der Waals surface area contributed by atoms with Crippen molar-refractivity contribution in [3.05, 3.63) is 35.1 Å². The molecule has 0 radical (unpaired) electrons. The van der Waals surface area contributed by atoms with E-state index >= 15 is 0 Å². The summed E-state index contributed by atoms with van der Waals surface area (Å²) in [7, 11) is 3.32. The van der Waals surface area contributed by atoms with E-state index in [1.165, 1.54) is 21.9 Å². The average molecular weight is 293 g/mol. The molecule has 1 atom stereocenters. The van der Waals surface area contributed by atoms with Gasteiger partial charge in [0.2, 0.25) is 5.91 Å². The van der Waals surface area contributed by atoms with Gasteiger partial charge in [0, 0.05) is 39.3 Å². The molecule has 2 amide bonds. The van der Waals surface area contributed by atoms with Crippen LogP contribution in [0.5, 0.6) is 0 Å². The SMILES string of the molecule is Cc1cc(F)cc(C(=O)N2CCNCC2C(=O)N(C)C)c1. The maximum Gasteiger partial charge on any atom is 0.254 e. The summed E-state index contributed by atoms with van der Waals surface area (Å²) in [6.07, 6.45) is 0. The van der Waals surface area contributed by atoms with E-state index in [-0.39, 0.29) is 17.4 Å². The molecule has 114 valence electrons. The second-order valence-electron chi connectivity index (χ2n) is 5.47. The van der Waals surface area contributed by atoms with Crippen LogP contribution in [0.3, 0.4) is 0 Å². The molecule has 1 aromatic rings. The summed E-state index contributed by atoms with van der Waals surface area (Å²) in [5, 5.41) is 3.11. The lowest BCUT2D eigenvalue weighted by Gasteiger charge is -2.36. The number of rotatable bonds is 2. The topological polar surface area (TPSA) is 52.7 Å². The molecule has 1 aliphatic heterocycles. The number of halogens is 1. The van der Waals surface area contributed by atoms with Crippen molar-refractivity contribution >= 4 is 11.8 Å². The highest BCUT2D eigenvalue weighted by molar-refractivity contribution is 5.98. The third-order valence-corrected chi connectivity index (χ3v) is 3.52. The van der Waals surface area contributed by atoms with E-state index in [2.05, 4.69) is 5.32 Å². The van der Waals surface area contributed by atoms with E-state index in [1.54, 1.807) is 27.1 Å². The zero-order valence-corrected chi connectivity index (χ0v) is 12.5. The number of amides is 2. The Hall–Kier alpha value is -1.95. The van der Waals surface area contributed by atoms with Crippen molar-refractivity contribution in [1.29, 1.82) is 0 Å². The molecule has 5 nitrogen and oxygen atoms in total. The molecule has 0 bridgehead atoms. The fourth-order valence-corrected chi connectivity index (χ4v) is 2.49. The number of nitrogens with one attached hydrogen (secondary N) is 1. The molecule has 1 saturated heterocycles. The van der Waals surface area contributed by atoms with E-state index < -0.39 is 11.9 Å². The average Bonchev–Trinajstić information content (AvgIpc) is 2.44. The van der Waals surface area contributed by atoms with Crippen LogP contribution < -0.4 is 5.32 Å². The number of benzene rings is 1. The Labute approximate surface area is 123 Å². The molecular formula is C15H20FN3O2. The summed E-state index contributed by atoms with van der Waals surface area (Å²) < 4.78 is 13.5. The number of hydrogen-bond donors (Lipinski definition) is 1. The fourth-order valence-electron chi connectivity index (χ4n) is 2.49. The summed E-state index contributed by atoms with van der Waals surface area (Å²) in [6.45, 7) is 3.20. The predicted octanol–water partition coefficient (Wildman–Crippen LogP) is 0.636. The minimum absolute atomic E-state index is 0.135. The monoisotopic (exact) mass is 293 g/mol. The van der Waals surface area contributed by atoms with Gasteiger partial charge >= 0.3 is 0 Å². The quantitative estimate of drug-likeness (QED) is 0.870. The van der Waals surface area contributed by atoms with Gasteiger partial charge in [0.05, 0.1) is 0 Å². The van der Waals surface area contributed by atoms with Gasteiger partial charge in [-0.2, -0.15) is 0 Å². The van der Waals surface area contributed by atoms with Crippen LogP contribution in [-0.4, -0.2) is 61.4 Å². The summed E-state index contributed by atoms with van der Waals surface area (Å²) in [5.41, 5.74) is 0.968. The Morgan fingerprint density at radius 3 is 2.67 bits per heavy atom. The Kier molecular flexibility index (Phi) is 4.57. The first-order valence-corrected chi connectivity index (χ1v) is 6.90. The van der Waals surface area contributed by atoms with Crippen molar-refractivity contribution in [2.24, 2.45) is 0 Å². The molecule has 1 N–H and O–H groups in total. The molecule has 1 heterocycles. The zero-order chi connectivity index (χ0) is 15.6. The summed E-state index contributed by atoms with van der Waals surface area (Å²) in [4.78, 5) is 27.8. The van der Waals surface area contributed by atoms with Gasteiger partial charge in [-0.15, -0.1) is 0 Å². The molecule has 6 heteroatoms. The van der Waals surface area contributed by atoms with Gasteiger partial charge in [0.25, 0.3) is 5.91 Å². The Bertz CT molecular complexity index is 540. The van der Waals surface area contributed by atoms with Crippen molar-refractivity contribution in [2.75, 3.05) is 33.7 Å². The first-order valence-electron chi connectivity index (χ1n) is 6.90. The number of hydrogen-bond acceptors (Lipinski definition) is 3. The van der Waals surface area contributed by atoms with Crippen molar-refractivity contribution in [2.45, 2.75) is 13.0 Å². The normalized spacial score (nSPS) is 18.5. The van der Waals surface area contributed by atoms with E-state index in [9.17, 15) is 14.0 Å². The van der Waals surface area contributed by atoms with E-state index in [4.69, 9.17) is 0 Å². The van der Waals surface area contributed by atoms with Crippen molar-refractivity contribution in [1.82, 2.24) is 15.1 Å². The smallest absolute Gasteiger partial charge is 0.254 e. The Morgan fingerprint density at radius 2 is 2.05 bits per heavy atom. The van der Waals surface area contributed by atoms with Crippen LogP contribution in [-0.2, 0) is 4.79 Å². The van der Waals surface area contributed by atoms with Crippen LogP contribution in [0.25, 0.3) is 0 Å². The van der Waals surface area contributed by atoms with E-state index in [0.29, 0.717) is 25.2 Å². The standard InChI is InChI=1S/C15H20FN3O2/c1-10-6-11(8-12(16)7-10)14(20)19-5-4-17-9-13(19)15(21)18(2)3/h6-8,13,17H,4-5,9H2,1-3H3.